The maximum Gasteiger partial charge on any atom is 0.326 e. The quantitative estimate of drug-likeness (QED) is 0.570. The molecule has 170 valence electrons. The number of carbonyl (C=O) groups excluding carboxylic acids is 2. The molecule has 1 amide bonds. The Balaban J connectivity index is 1.67. The predicted octanol–water partition coefficient (Wildman–Crippen LogP) is 1.48. The van der Waals surface area contributed by atoms with Gasteiger partial charge in [0.1, 0.15) is 12.1 Å². The van der Waals surface area contributed by atoms with Gasteiger partial charge in [-0.2, -0.15) is 0 Å². The van der Waals surface area contributed by atoms with Crippen LogP contribution < -0.4 is 5.32 Å². The Hall–Kier alpha value is -2.45. The maximum atomic E-state index is 13.2. The number of amides is 1. The van der Waals surface area contributed by atoms with Crippen molar-refractivity contribution in [2.45, 2.75) is 51.2 Å². The van der Waals surface area contributed by atoms with Crippen molar-refractivity contribution >= 4 is 17.8 Å². The molecule has 8 heteroatoms. The smallest absolute Gasteiger partial charge is 0.326 e. The van der Waals surface area contributed by atoms with Crippen LogP contribution in [0.1, 0.15) is 32.3 Å². The second-order valence-corrected chi connectivity index (χ2v) is 8.28. The van der Waals surface area contributed by atoms with Crippen LogP contribution in [0, 0.1) is 11.8 Å². The Kier molecular flexibility index (Phi) is 8.03. The van der Waals surface area contributed by atoms with Gasteiger partial charge in [0.15, 0.2) is 0 Å². The third-order valence-corrected chi connectivity index (χ3v) is 6.21. The molecular weight excluding hydrogens is 400 g/mol. The molecule has 2 fully saturated rings. The number of fused-ring (bicyclic) bond motifs is 1. The molecule has 3 rings (SSSR count). The summed E-state index contributed by atoms with van der Waals surface area (Å²) >= 11 is 0. The summed E-state index contributed by atoms with van der Waals surface area (Å²) in [6, 6.07) is 7.53. The fraction of sp³-hybridized carbons (Fsp3) is 0.609. The highest BCUT2D eigenvalue weighted by Gasteiger charge is 2.49. The van der Waals surface area contributed by atoms with Crippen LogP contribution in [0.3, 0.4) is 0 Å². The molecule has 3 unspecified atom stereocenters. The standard InChI is InChI=1S/C23H32N2O6/c1-3-31-23(29)19(10-9-16-7-5-4-6-8-16)24-15(2)21(26)25-13-17-11-12-30-14-18(17)20(25)22(27)28/h4-8,15,17-20,24H,3,9-14H2,1-2H3,(H,27,28)/t15-,17?,18?,19?,20-/m0/s1. The number of benzene rings is 1. The molecule has 1 aromatic rings. The molecule has 1 aromatic carbocycles. The van der Waals surface area contributed by atoms with E-state index < -0.39 is 30.1 Å². The van der Waals surface area contributed by atoms with Gasteiger partial charge in [-0.3, -0.25) is 14.9 Å². The zero-order valence-corrected chi connectivity index (χ0v) is 18.2. The van der Waals surface area contributed by atoms with Crippen molar-refractivity contribution in [1.29, 1.82) is 0 Å². The number of aryl methyl sites for hydroxylation is 1. The molecule has 31 heavy (non-hydrogen) atoms. The molecule has 0 bridgehead atoms. The highest BCUT2D eigenvalue weighted by molar-refractivity contribution is 5.88. The number of carboxylic acids is 1. The SMILES string of the molecule is CCOC(=O)C(CCc1ccccc1)N[C@@H](C)C(=O)N1CC2CCOCC2[C@H]1C(=O)O. The van der Waals surface area contributed by atoms with E-state index in [1.54, 1.807) is 13.8 Å². The first-order valence-electron chi connectivity index (χ1n) is 11.0. The molecule has 0 aliphatic carbocycles. The number of carboxylic acid groups (broad SMARTS) is 1. The van der Waals surface area contributed by atoms with Gasteiger partial charge in [-0.1, -0.05) is 30.3 Å². The number of esters is 1. The van der Waals surface area contributed by atoms with E-state index in [9.17, 15) is 19.5 Å². The molecule has 2 aliphatic rings. The van der Waals surface area contributed by atoms with Crippen LogP contribution in [-0.2, 0) is 30.3 Å². The Labute approximate surface area is 182 Å². The molecule has 8 nitrogen and oxygen atoms in total. The molecular formula is C23H32N2O6. The monoisotopic (exact) mass is 432 g/mol. The fourth-order valence-corrected chi connectivity index (χ4v) is 4.61. The number of nitrogens with one attached hydrogen (secondary N) is 1. The second kappa shape index (κ2) is 10.7. The van der Waals surface area contributed by atoms with Crippen molar-refractivity contribution in [2.24, 2.45) is 11.8 Å². The largest absolute Gasteiger partial charge is 0.480 e. The van der Waals surface area contributed by atoms with Gasteiger partial charge in [0, 0.05) is 19.1 Å². The molecule has 2 aliphatic heterocycles. The zero-order valence-electron chi connectivity index (χ0n) is 18.2. The van der Waals surface area contributed by atoms with E-state index in [1.165, 1.54) is 4.90 Å². The van der Waals surface area contributed by atoms with Crippen molar-refractivity contribution in [2.75, 3.05) is 26.4 Å². The summed E-state index contributed by atoms with van der Waals surface area (Å²) in [5, 5.41) is 12.9. The van der Waals surface area contributed by atoms with Crippen molar-refractivity contribution in [1.82, 2.24) is 10.2 Å². The molecule has 5 atom stereocenters. The van der Waals surface area contributed by atoms with Crippen molar-refractivity contribution in [3.05, 3.63) is 35.9 Å². The zero-order chi connectivity index (χ0) is 22.4. The minimum absolute atomic E-state index is 0.130. The van der Waals surface area contributed by atoms with Gasteiger partial charge >= 0.3 is 11.9 Å². The van der Waals surface area contributed by atoms with Gasteiger partial charge < -0.3 is 19.5 Å². The second-order valence-electron chi connectivity index (χ2n) is 8.28. The van der Waals surface area contributed by atoms with Crippen LogP contribution in [0.5, 0.6) is 0 Å². The molecule has 0 saturated carbocycles. The summed E-state index contributed by atoms with van der Waals surface area (Å²) in [6.45, 7) is 5.02. The summed E-state index contributed by atoms with van der Waals surface area (Å²) in [4.78, 5) is 39.1. The number of hydrogen-bond donors (Lipinski definition) is 2. The summed E-state index contributed by atoms with van der Waals surface area (Å²) < 4.78 is 10.7. The van der Waals surface area contributed by atoms with E-state index in [2.05, 4.69) is 5.32 Å². The van der Waals surface area contributed by atoms with Crippen LogP contribution >= 0.6 is 0 Å². The summed E-state index contributed by atoms with van der Waals surface area (Å²) in [5.74, 6) is -1.79. The van der Waals surface area contributed by atoms with Crippen LogP contribution in [0.25, 0.3) is 0 Å². The first-order chi connectivity index (χ1) is 14.9. The maximum absolute atomic E-state index is 13.2. The molecule has 0 radical (unpaired) electrons. The predicted molar refractivity (Wildman–Crippen MR) is 113 cm³/mol. The number of hydrogen-bond acceptors (Lipinski definition) is 6. The molecule has 2 saturated heterocycles. The van der Waals surface area contributed by atoms with Gasteiger partial charge in [0.25, 0.3) is 0 Å². The van der Waals surface area contributed by atoms with E-state index in [4.69, 9.17) is 9.47 Å². The number of nitrogens with zero attached hydrogens (tertiary/aromatic N) is 1. The topological polar surface area (TPSA) is 105 Å². The number of rotatable bonds is 9. The first-order valence-corrected chi connectivity index (χ1v) is 11.0. The van der Waals surface area contributed by atoms with Crippen molar-refractivity contribution in [3.63, 3.8) is 0 Å². The van der Waals surface area contributed by atoms with Crippen LogP contribution in [-0.4, -0.2) is 72.3 Å². The van der Waals surface area contributed by atoms with Crippen LogP contribution in [0.15, 0.2) is 30.3 Å². The number of aliphatic carboxylic acids is 1. The third kappa shape index (κ3) is 5.62. The Morgan fingerprint density at radius 1 is 1.29 bits per heavy atom. The van der Waals surface area contributed by atoms with Crippen molar-refractivity contribution < 1.29 is 29.0 Å². The molecule has 2 N–H and O–H groups in total. The Morgan fingerprint density at radius 2 is 2.03 bits per heavy atom. The minimum atomic E-state index is -1.01. The third-order valence-electron chi connectivity index (χ3n) is 6.21. The van der Waals surface area contributed by atoms with Crippen LogP contribution in [0.4, 0.5) is 0 Å². The summed E-state index contributed by atoms with van der Waals surface area (Å²) in [6.07, 6.45) is 1.88. The lowest BCUT2D eigenvalue weighted by molar-refractivity contribution is -0.152. The van der Waals surface area contributed by atoms with Gasteiger partial charge in [-0.05, 0) is 44.6 Å². The minimum Gasteiger partial charge on any atom is -0.480 e. The number of likely N-dealkylation sites (tertiary alicyclic amines) is 1. The number of ether oxygens (including phenoxy) is 2. The van der Waals surface area contributed by atoms with E-state index in [-0.39, 0.29) is 24.3 Å². The van der Waals surface area contributed by atoms with Crippen molar-refractivity contribution in [3.8, 4) is 0 Å². The lowest BCUT2D eigenvalue weighted by Gasteiger charge is -2.29. The first kappa shape index (κ1) is 23.2. The molecule has 0 aromatic heterocycles. The average molecular weight is 433 g/mol. The van der Waals surface area contributed by atoms with E-state index in [1.807, 2.05) is 30.3 Å². The van der Waals surface area contributed by atoms with Gasteiger partial charge in [-0.15, -0.1) is 0 Å². The van der Waals surface area contributed by atoms with Gasteiger partial charge in [0.2, 0.25) is 5.91 Å². The lowest BCUT2D eigenvalue weighted by atomic mass is 9.87. The highest BCUT2D eigenvalue weighted by atomic mass is 16.5. The van der Waals surface area contributed by atoms with E-state index in [0.717, 1.165) is 12.0 Å². The van der Waals surface area contributed by atoms with E-state index in [0.29, 0.717) is 32.6 Å². The fourth-order valence-electron chi connectivity index (χ4n) is 4.61. The number of carbonyl (C=O) groups is 3. The van der Waals surface area contributed by atoms with Crippen LogP contribution in [0.2, 0.25) is 0 Å². The highest BCUT2D eigenvalue weighted by Crippen LogP contribution is 2.35. The normalized spacial score (nSPS) is 24.8. The molecule has 2 heterocycles. The van der Waals surface area contributed by atoms with Gasteiger partial charge in [-0.25, -0.2) is 4.79 Å². The van der Waals surface area contributed by atoms with E-state index >= 15 is 0 Å². The summed E-state index contributed by atoms with van der Waals surface area (Å²) in [5.41, 5.74) is 1.09. The average Bonchev–Trinajstić information content (AvgIpc) is 3.16. The van der Waals surface area contributed by atoms with Gasteiger partial charge in [0.05, 0.1) is 19.3 Å². The molecule has 0 spiro atoms. The Bertz CT molecular complexity index is 771. The Morgan fingerprint density at radius 3 is 2.71 bits per heavy atom. The lowest BCUT2D eigenvalue weighted by Crippen LogP contribution is -2.54. The summed E-state index contributed by atoms with van der Waals surface area (Å²) in [7, 11) is 0.